The molecule has 2 aliphatic heterocycles. The molecule has 1 fully saturated rings. The molecule has 3 heterocycles. The van der Waals surface area contributed by atoms with Gasteiger partial charge in [-0.1, -0.05) is 25.5 Å². The average Bonchev–Trinajstić information content (AvgIpc) is 3.50. The van der Waals surface area contributed by atoms with Crippen LogP contribution in [0.2, 0.25) is 0 Å². The zero-order valence-corrected chi connectivity index (χ0v) is 20.8. The van der Waals surface area contributed by atoms with Gasteiger partial charge < -0.3 is 25.2 Å². The number of rotatable bonds is 12. The maximum Gasteiger partial charge on any atom is 0.308 e. The van der Waals surface area contributed by atoms with Crippen molar-refractivity contribution < 1.29 is 24.2 Å². The molecule has 9 nitrogen and oxygen atoms in total. The van der Waals surface area contributed by atoms with Gasteiger partial charge in [-0.3, -0.25) is 19.5 Å². The first kappa shape index (κ1) is 25.9. The van der Waals surface area contributed by atoms with E-state index in [0.717, 1.165) is 24.1 Å². The van der Waals surface area contributed by atoms with Crippen LogP contribution in [0.25, 0.3) is 0 Å². The number of aliphatic carboxylic acids is 1. The van der Waals surface area contributed by atoms with Crippen molar-refractivity contribution in [2.45, 2.75) is 44.6 Å². The zero-order valence-electron chi connectivity index (χ0n) is 20.8. The number of nitrogens with zero attached hydrogens (tertiary/aromatic N) is 3. The molecule has 36 heavy (non-hydrogen) atoms. The number of carbonyl (C=O) groups is 2. The molecule has 0 spiro atoms. The van der Waals surface area contributed by atoms with Crippen molar-refractivity contribution in [2.75, 3.05) is 39.5 Å². The van der Waals surface area contributed by atoms with Gasteiger partial charge in [-0.15, -0.1) is 0 Å². The van der Waals surface area contributed by atoms with Crippen LogP contribution in [0.5, 0.6) is 11.5 Å². The third-order valence-electron chi connectivity index (χ3n) is 7.15. The number of hydrogen-bond acceptors (Lipinski definition) is 7. The maximum absolute atomic E-state index is 13.3. The number of aromatic nitrogens is 1. The lowest BCUT2D eigenvalue weighted by Crippen LogP contribution is -2.45. The van der Waals surface area contributed by atoms with E-state index in [2.05, 4.69) is 16.8 Å². The maximum atomic E-state index is 13.3. The highest BCUT2D eigenvalue weighted by Gasteiger charge is 2.47. The largest absolute Gasteiger partial charge is 0.481 e. The van der Waals surface area contributed by atoms with Crippen molar-refractivity contribution in [3.63, 3.8) is 0 Å². The number of carboxylic acids is 1. The molecule has 1 aromatic heterocycles. The van der Waals surface area contributed by atoms with Crippen LogP contribution < -0.4 is 15.2 Å². The van der Waals surface area contributed by atoms with Gasteiger partial charge in [-0.05, 0) is 49.1 Å². The standard InChI is InChI=1S/C27H36N4O5/c1-2-3-13-30(14-11-28)25(32)17-31-16-21(19-7-10-23-24(15-19)36-18-35-23)26(27(33)34)22(31)9-8-20-6-4-5-12-29-20/h4-7,10,12,15,21-22,26H,2-3,8-9,11,13-14,16-18,28H2,1H3,(H,33,34)/t21-,22+,26?/m1/s1. The summed E-state index contributed by atoms with van der Waals surface area (Å²) in [5.74, 6) is -0.520. The summed E-state index contributed by atoms with van der Waals surface area (Å²) in [5.41, 5.74) is 7.57. The van der Waals surface area contributed by atoms with E-state index in [-0.39, 0.29) is 31.2 Å². The van der Waals surface area contributed by atoms with E-state index in [1.807, 2.05) is 41.3 Å². The lowest BCUT2D eigenvalue weighted by atomic mass is 9.83. The van der Waals surface area contributed by atoms with Gasteiger partial charge in [-0.25, -0.2) is 0 Å². The lowest BCUT2D eigenvalue weighted by molar-refractivity contribution is -0.143. The highest BCUT2D eigenvalue weighted by atomic mass is 16.7. The second-order valence-electron chi connectivity index (χ2n) is 9.46. The number of unbranched alkanes of at least 4 members (excludes halogenated alkanes) is 1. The van der Waals surface area contributed by atoms with Crippen molar-refractivity contribution in [3.05, 3.63) is 53.9 Å². The third kappa shape index (κ3) is 5.96. The van der Waals surface area contributed by atoms with Crippen molar-refractivity contribution in [2.24, 2.45) is 11.7 Å². The van der Waals surface area contributed by atoms with Crippen molar-refractivity contribution in [3.8, 4) is 11.5 Å². The van der Waals surface area contributed by atoms with E-state index in [9.17, 15) is 14.7 Å². The Balaban J connectivity index is 1.59. The number of fused-ring (bicyclic) bond motifs is 1. The fraction of sp³-hybridized carbons (Fsp3) is 0.519. The summed E-state index contributed by atoms with van der Waals surface area (Å²) in [6.07, 6.45) is 4.86. The fourth-order valence-corrected chi connectivity index (χ4v) is 5.32. The normalized spacial score (nSPS) is 21.0. The Kier molecular flexibility index (Phi) is 8.77. The van der Waals surface area contributed by atoms with E-state index < -0.39 is 11.9 Å². The molecule has 2 aliphatic rings. The number of carboxylic acid groups (broad SMARTS) is 1. The lowest BCUT2D eigenvalue weighted by Gasteiger charge is -2.29. The van der Waals surface area contributed by atoms with Crippen LogP contribution in [0.3, 0.4) is 0 Å². The number of carbonyl (C=O) groups excluding carboxylic acids is 1. The first-order valence-electron chi connectivity index (χ1n) is 12.8. The molecule has 3 N–H and O–H groups in total. The van der Waals surface area contributed by atoms with Crippen LogP contribution in [0.1, 0.15) is 43.4 Å². The monoisotopic (exact) mass is 496 g/mol. The molecule has 1 saturated heterocycles. The van der Waals surface area contributed by atoms with Gasteiger partial charge in [-0.2, -0.15) is 0 Å². The topological polar surface area (TPSA) is 118 Å². The first-order chi connectivity index (χ1) is 17.5. The Morgan fingerprint density at radius 3 is 2.75 bits per heavy atom. The number of nitrogens with two attached hydrogens (primary N) is 1. The van der Waals surface area contributed by atoms with E-state index in [1.54, 1.807) is 6.20 Å². The smallest absolute Gasteiger partial charge is 0.308 e. The molecule has 1 amide bonds. The quantitative estimate of drug-likeness (QED) is 0.460. The molecule has 194 valence electrons. The van der Waals surface area contributed by atoms with Crippen molar-refractivity contribution >= 4 is 11.9 Å². The molecule has 4 rings (SSSR count). The van der Waals surface area contributed by atoms with Gasteiger partial charge in [0.05, 0.1) is 12.5 Å². The number of hydrogen-bond donors (Lipinski definition) is 2. The highest BCUT2D eigenvalue weighted by Crippen LogP contribution is 2.42. The van der Waals surface area contributed by atoms with Crippen LogP contribution in [0, 0.1) is 5.92 Å². The molecule has 0 bridgehead atoms. The molecular formula is C27H36N4O5. The number of pyridine rings is 1. The van der Waals surface area contributed by atoms with Crippen LogP contribution in [-0.2, 0) is 16.0 Å². The first-order valence-corrected chi connectivity index (χ1v) is 12.8. The molecule has 1 aromatic carbocycles. The minimum Gasteiger partial charge on any atom is -0.481 e. The molecule has 9 heteroatoms. The van der Waals surface area contributed by atoms with Crippen LogP contribution in [-0.4, -0.2) is 77.3 Å². The summed E-state index contributed by atoms with van der Waals surface area (Å²) in [6.45, 7) is 4.45. The molecular weight excluding hydrogens is 460 g/mol. The minimum atomic E-state index is -0.858. The average molecular weight is 497 g/mol. The zero-order chi connectivity index (χ0) is 25.5. The number of aryl methyl sites for hydroxylation is 1. The Morgan fingerprint density at radius 1 is 1.19 bits per heavy atom. The van der Waals surface area contributed by atoms with Gasteiger partial charge in [0.25, 0.3) is 0 Å². The van der Waals surface area contributed by atoms with Gasteiger partial charge in [0, 0.05) is 50.0 Å². The molecule has 0 aliphatic carbocycles. The molecule has 0 saturated carbocycles. The predicted octanol–water partition coefficient (Wildman–Crippen LogP) is 2.50. The van der Waals surface area contributed by atoms with Gasteiger partial charge in [0.2, 0.25) is 12.7 Å². The number of likely N-dealkylation sites (tertiary alicyclic amines) is 1. The highest BCUT2D eigenvalue weighted by molar-refractivity contribution is 5.79. The van der Waals surface area contributed by atoms with E-state index in [1.165, 1.54) is 0 Å². The summed E-state index contributed by atoms with van der Waals surface area (Å²) in [5, 5.41) is 10.4. The summed E-state index contributed by atoms with van der Waals surface area (Å²) >= 11 is 0. The van der Waals surface area contributed by atoms with Crippen molar-refractivity contribution in [1.82, 2.24) is 14.8 Å². The fourth-order valence-electron chi connectivity index (χ4n) is 5.32. The third-order valence-corrected chi connectivity index (χ3v) is 7.15. The van der Waals surface area contributed by atoms with E-state index in [4.69, 9.17) is 15.2 Å². The van der Waals surface area contributed by atoms with Gasteiger partial charge in [0.15, 0.2) is 11.5 Å². The summed E-state index contributed by atoms with van der Waals surface area (Å²) in [4.78, 5) is 34.2. The predicted molar refractivity (Wildman–Crippen MR) is 135 cm³/mol. The second-order valence-corrected chi connectivity index (χ2v) is 9.46. The summed E-state index contributed by atoms with van der Waals surface area (Å²) in [6, 6.07) is 11.1. The minimum absolute atomic E-state index is 0.00721. The Bertz CT molecular complexity index is 1030. The van der Waals surface area contributed by atoms with Crippen LogP contribution >= 0.6 is 0 Å². The number of ether oxygens (including phenoxy) is 2. The van der Waals surface area contributed by atoms with E-state index >= 15 is 0 Å². The number of benzene rings is 1. The summed E-state index contributed by atoms with van der Waals surface area (Å²) in [7, 11) is 0. The van der Waals surface area contributed by atoms with Crippen LogP contribution in [0.15, 0.2) is 42.6 Å². The molecule has 0 radical (unpaired) electrons. The van der Waals surface area contributed by atoms with E-state index in [0.29, 0.717) is 50.5 Å². The van der Waals surface area contributed by atoms with Crippen molar-refractivity contribution in [1.29, 1.82) is 0 Å². The van der Waals surface area contributed by atoms with Gasteiger partial charge >= 0.3 is 5.97 Å². The Morgan fingerprint density at radius 2 is 2.03 bits per heavy atom. The molecule has 2 aromatic rings. The molecule has 1 unspecified atom stereocenters. The SMILES string of the molecule is CCCCN(CCN)C(=O)CN1C[C@H](c2ccc3c(c2)OCO3)C(C(=O)O)[C@@H]1CCc1ccccn1. The van der Waals surface area contributed by atoms with Crippen LogP contribution in [0.4, 0.5) is 0 Å². The Labute approximate surface area is 212 Å². The Hall–Kier alpha value is -3.17. The number of amides is 1. The van der Waals surface area contributed by atoms with Gasteiger partial charge in [0.1, 0.15) is 0 Å². The molecule has 3 atom stereocenters. The summed E-state index contributed by atoms with van der Waals surface area (Å²) < 4.78 is 11.0. The second kappa shape index (κ2) is 12.2.